The highest BCUT2D eigenvalue weighted by molar-refractivity contribution is 6.74. The van der Waals surface area contributed by atoms with Gasteiger partial charge in [0.15, 0.2) is 19.9 Å². The third kappa shape index (κ3) is 10.1. The van der Waals surface area contributed by atoms with Crippen LogP contribution in [0.25, 0.3) is 0 Å². The van der Waals surface area contributed by atoms with Crippen LogP contribution in [0.1, 0.15) is 64.3 Å². The summed E-state index contributed by atoms with van der Waals surface area (Å²) in [7, 11) is 0.861. The van der Waals surface area contributed by atoms with E-state index in [1.807, 2.05) is 45.1 Å². The van der Waals surface area contributed by atoms with E-state index < -0.39 is 25.8 Å². The van der Waals surface area contributed by atoms with E-state index in [-0.39, 0.29) is 22.9 Å². The van der Waals surface area contributed by atoms with Crippen molar-refractivity contribution in [2.45, 2.75) is 90.8 Å². The largest absolute Gasteiger partial charge is 0.464 e. The Balaban J connectivity index is 2.72. The molecule has 0 amide bonds. The van der Waals surface area contributed by atoms with Gasteiger partial charge in [-0.1, -0.05) is 76.8 Å². The first-order valence-corrected chi connectivity index (χ1v) is 15.5. The van der Waals surface area contributed by atoms with Crippen LogP contribution in [0.5, 0.6) is 0 Å². The fraction of sp³-hybridized carbons (Fsp3) is 0.586. The summed E-state index contributed by atoms with van der Waals surface area (Å²) in [5.41, 5.74) is -0.375. The zero-order valence-corrected chi connectivity index (χ0v) is 25.1. The van der Waals surface area contributed by atoms with Gasteiger partial charge in [-0.15, -0.1) is 0 Å². The number of aliphatic hydroxyl groups excluding tert-OH is 1. The van der Waals surface area contributed by atoms with E-state index in [9.17, 15) is 9.90 Å². The average molecular weight is 532 g/mol. The lowest BCUT2D eigenvalue weighted by Gasteiger charge is -2.44. The normalized spacial score (nSPS) is 15.6. The molecule has 1 aromatic rings. The third-order valence-corrected chi connectivity index (χ3v) is 11.3. The van der Waals surface area contributed by atoms with Gasteiger partial charge in [0.1, 0.15) is 6.26 Å². The molecule has 0 aromatic carbocycles. The van der Waals surface area contributed by atoms with Crippen LogP contribution in [-0.4, -0.2) is 56.9 Å². The second kappa shape index (κ2) is 14.5. The van der Waals surface area contributed by atoms with Crippen molar-refractivity contribution in [1.82, 2.24) is 4.98 Å². The minimum Gasteiger partial charge on any atom is -0.464 e. The number of rotatable bonds is 12. The molecule has 0 bridgehead atoms. The number of carbonyl (C=O) groups is 1. The Hall–Kier alpha value is -2.44. The van der Waals surface area contributed by atoms with Gasteiger partial charge in [0.05, 0.1) is 31.8 Å². The van der Waals surface area contributed by atoms with Crippen molar-refractivity contribution in [2.75, 3.05) is 14.2 Å². The van der Waals surface area contributed by atoms with Crippen molar-refractivity contribution < 1.29 is 28.2 Å². The minimum atomic E-state index is -2.02. The first-order chi connectivity index (χ1) is 17.2. The Labute approximate surface area is 224 Å². The number of aromatic nitrogens is 1. The number of aliphatic hydroxyl groups is 1. The van der Waals surface area contributed by atoms with Crippen LogP contribution >= 0.6 is 0 Å². The summed E-state index contributed by atoms with van der Waals surface area (Å²) in [5.74, 6) is 5.87. The Morgan fingerprint density at radius 2 is 1.86 bits per heavy atom. The van der Waals surface area contributed by atoms with Gasteiger partial charge in [0, 0.05) is 18.9 Å². The number of nitrogens with zero attached hydrogens (tertiary/aromatic N) is 1. The van der Waals surface area contributed by atoms with Gasteiger partial charge in [-0.25, -0.2) is 9.78 Å². The number of oxazole rings is 1. The molecule has 3 atom stereocenters. The lowest BCUT2D eigenvalue weighted by Crippen LogP contribution is -2.50. The maximum Gasteiger partial charge on any atom is 0.360 e. The van der Waals surface area contributed by atoms with E-state index >= 15 is 0 Å². The number of methoxy groups -OCH3 is 2. The smallest absolute Gasteiger partial charge is 0.360 e. The van der Waals surface area contributed by atoms with E-state index in [1.165, 1.54) is 13.4 Å². The van der Waals surface area contributed by atoms with Crippen LogP contribution < -0.4 is 0 Å². The molecule has 1 aromatic heterocycles. The molecule has 1 rings (SSSR count). The Morgan fingerprint density at radius 1 is 1.19 bits per heavy atom. The quantitative estimate of drug-likeness (QED) is 0.118. The molecule has 0 radical (unpaired) electrons. The number of allylic oxidation sites excluding steroid dienone is 4. The zero-order valence-electron chi connectivity index (χ0n) is 24.1. The molecule has 0 fully saturated rings. The number of ether oxygens (including phenoxy) is 2. The molecule has 0 aliphatic heterocycles. The first-order valence-electron chi connectivity index (χ1n) is 12.6. The Bertz CT molecular complexity index is 1000. The number of esters is 1. The summed E-state index contributed by atoms with van der Waals surface area (Å²) < 4.78 is 22.0. The minimum absolute atomic E-state index is 0.0777. The highest BCUT2D eigenvalue weighted by Crippen LogP contribution is 2.41. The van der Waals surface area contributed by atoms with Crippen molar-refractivity contribution in [2.24, 2.45) is 5.41 Å². The van der Waals surface area contributed by atoms with Crippen LogP contribution in [0.2, 0.25) is 18.1 Å². The summed E-state index contributed by atoms with van der Waals surface area (Å²) in [6.45, 7) is 17.1. The van der Waals surface area contributed by atoms with Gasteiger partial charge in [-0.05, 0) is 31.1 Å². The molecule has 37 heavy (non-hydrogen) atoms. The van der Waals surface area contributed by atoms with Gasteiger partial charge in [-0.2, -0.15) is 0 Å². The Morgan fingerprint density at radius 3 is 2.43 bits per heavy atom. The van der Waals surface area contributed by atoms with Gasteiger partial charge in [-0.3, -0.25) is 0 Å². The molecule has 0 unspecified atom stereocenters. The van der Waals surface area contributed by atoms with E-state index in [0.29, 0.717) is 18.7 Å². The number of hydrogen-bond donors (Lipinski definition) is 1. The number of hydrogen-bond acceptors (Lipinski definition) is 7. The predicted molar refractivity (Wildman–Crippen MR) is 150 cm³/mol. The highest BCUT2D eigenvalue weighted by Gasteiger charge is 2.44. The average Bonchev–Trinajstić information content (AvgIpc) is 3.29. The van der Waals surface area contributed by atoms with Gasteiger partial charge in [0.2, 0.25) is 0 Å². The third-order valence-electron chi connectivity index (χ3n) is 6.83. The first kappa shape index (κ1) is 32.6. The molecule has 0 aliphatic rings. The van der Waals surface area contributed by atoms with Crippen molar-refractivity contribution in [3.8, 4) is 11.8 Å². The molecule has 1 heterocycles. The maximum atomic E-state index is 11.5. The number of carbonyl (C=O) groups excluding carboxylic acids is 1. The SMILES string of the molecule is C/C=C/[C@@H](O[Si](C)(C)C(C)(C)C)C(C)(C)[C@@H](O)CC#C/C=C\C=C\[C@H](Cc1nc(C(=O)OC)co1)OC. The van der Waals surface area contributed by atoms with E-state index in [2.05, 4.69) is 55.4 Å². The molecule has 8 heteroatoms. The summed E-state index contributed by atoms with van der Waals surface area (Å²) in [4.78, 5) is 15.6. The second-order valence-corrected chi connectivity index (χ2v) is 15.8. The van der Waals surface area contributed by atoms with Gasteiger partial charge >= 0.3 is 5.97 Å². The summed E-state index contributed by atoms with van der Waals surface area (Å²) in [5, 5.41) is 11.1. The van der Waals surface area contributed by atoms with E-state index in [0.717, 1.165) is 0 Å². The monoisotopic (exact) mass is 531 g/mol. The van der Waals surface area contributed by atoms with Crippen LogP contribution in [0.15, 0.2) is 47.1 Å². The van der Waals surface area contributed by atoms with Crippen molar-refractivity contribution in [3.63, 3.8) is 0 Å². The van der Waals surface area contributed by atoms with Crippen LogP contribution in [-0.2, 0) is 20.3 Å². The molecule has 1 N–H and O–H groups in total. The van der Waals surface area contributed by atoms with Crippen molar-refractivity contribution in [3.05, 3.63) is 54.3 Å². The summed E-state index contributed by atoms with van der Waals surface area (Å²) >= 11 is 0. The zero-order chi connectivity index (χ0) is 28.3. The molecule has 206 valence electrons. The van der Waals surface area contributed by atoms with Gasteiger partial charge < -0.3 is 23.4 Å². The van der Waals surface area contributed by atoms with Crippen LogP contribution in [0.3, 0.4) is 0 Å². The van der Waals surface area contributed by atoms with Crippen molar-refractivity contribution >= 4 is 14.3 Å². The molecule has 7 nitrogen and oxygen atoms in total. The molecular weight excluding hydrogens is 486 g/mol. The summed E-state index contributed by atoms with van der Waals surface area (Å²) in [6, 6.07) is 0. The van der Waals surface area contributed by atoms with Crippen LogP contribution in [0.4, 0.5) is 0 Å². The molecule has 0 spiro atoms. The van der Waals surface area contributed by atoms with Crippen LogP contribution in [0, 0.1) is 17.3 Å². The highest BCUT2D eigenvalue weighted by atomic mass is 28.4. The second-order valence-electron chi connectivity index (χ2n) is 11.0. The predicted octanol–water partition coefficient (Wildman–Crippen LogP) is 5.88. The van der Waals surface area contributed by atoms with Crippen molar-refractivity contribution in [1.29, 1.82) is 0 Å². The molecule has 0 saturated heterocycles. The standard InChI is InChI=1S/C29H45NO6Si/c1-11-17-25(36-37(9,10)28(2,3)4)29(5,6)24(31)19-16-14-12-13-15-18-22(33-7)20-26-30-23(21-35-26)27(32)34-8/h11-13,15,17-18,21-22,24-25,31H,19-20H2,1-10H3/b13-12-,17-11+,18-15+/t22-,24+,25-/m1/s1. The van der Waals surface area contributed by atoms with E-state index in [4.69, 9.17) is 13.6 Å². The molecule has 0 aliphatic carbocycles. The topological polar surface area (TPSA) is 91.0 Å². The van der Waals surface area contributed by atoms with E-state index in [1.54, 1.807) is 19.3 Å². The summed E-state index contributed by atoms with van der Waals surface area (Å²) in [6.07, 6.45) is 12.1. The molecule has 0 saturated carbocycles. The maximum absolute atomic E-state index is 11.5. The fourth-order valence-corrected chi connectivity index (χ4v) is 4.44. The van der Waals surface area contributed by atoms with Gasteiger partial charge in [0.25, 0.3) is 0 Å². The lowest BCUT2D eigenvalue weighted by atomic mass is 9.79. The lowest BCUT2D eigenvalue weighted by molar-refractivity contribution is -0.0169. The molecular formula is C29H45NO6Si. The Kier molecular flexibility index (Phi) is 12.8. The fourth-order valence-electron chi connectivity index (χ4n) is 3.07.